The molecule has 6 nitrogen and oxygen atoms in total. The maximum Gasteiger partial charge on any atom is 0.338 e. The maximum absolute atomic E-state index is 12.4. The molecular formula is C18H27NO5S. The van der Waals surface area contributed by atoms with E-state index in [4.69, 9.17) is 14.6 Å². The monoisotopic (exact) mass is 369 g/mol. The minimum absolute atomic E-state index is 0.0667. The van der Waals surface area contributed by atoms with E-state index in [0.29, 0.717) is 31.6 Å². The summed E-state index contributed by atoms with van der Waals surface area (Å²) in [4.78, 5) is 24.5. The van der Waals surface area contributed by atoms with Crippen molar-refractivity contribution < 1.29 is 19.4 Å². The molecule has 0 saturated carbocycles. The van der Waals surface area contributed by atoms with Crippen molar-refractivity contribution in [3.05, 3.63) is 28.0 Å². The Hall–Kier alpha value is -1.31. The average molecular weight is 369 g/mol. The number of hydrogen-bond donors (Lipinski definition) is 1. The molecule has 1 N–H and O–H groups in total. The predicted octanol–water partition coefficient (Wildman–Crippen LogP) is 2.46. The van der Waals surface area contributed by atoms with Gasteiger partial charge in [0.1, 0.15) is 5.60 Å². The predicted molar refractivity (Wildman–Crippen MR) is 97.3 cm³/mol. The highest BCUT2D eigenvalue weighted by molar-refractivity contribution is 7.99. The van der Waals surface area contributed by atoms with Crippen LogP contribution in [0.2, 0.25) is 0 Å². The first-order valence-electron chi connectivity index (χ1n) is 8.49. The van der Waals surface area contributed by atoms with Crippen LogP contribution in [-0.4, -0.2) is 45.8 Å². The van der Waals surface area contributed by atoms with Crippen molar-refractivity contribution in [2.24, 2.45) is 0 Å². The number of pyridine rings is 1. The number of nitrogens with zero attached hydrogens (tertiary/aromatic N) is 1. The first-order chi connectivity index (χ1) is 11.6. The number of esters is 1. The van der Waals surface area contributed by atoms with Crippen LogP contribution in [0.4, 0.5) is 0 Å². The van der Waals surface area contributed by atoms with E-state index in [9.17, 15) is 9.59 Å². The fourth-order valence-electron chi connectivity index (χ4n) is 2.55. The molecule has 1 aliphatic rings. The first-order valence-corrected chi connectivity index (χ1v) is 9.48. The van der Waals surface area contributed by atoms with Crippen molar-refractivity contribution >= 4 is 17.7 Å². The Kier molecular flexibility index (Phi) is 6.35. The van der Waals surface area contributed by atoms with Gasteiger partial charge in [-0.3, -0.25) is 4.79 Å². The zero-order valence-corrected chi connectivity index (χ0v) is 16.1. The summed E-state index contributed by atoms with van der Waals surface area (Å²) in [5, 5.41) is 9.83. The number of carbonyl (C=O) groups excluding carboxylic acids is 1. The standard InChI is InChI=1S/C18H27NO5S/c1-17(2,5-8-20)23-9-6-18(3,4)24-16(22)13-11-14(21)19-7-10-25-15(19)12-13/h11-12,20H,5-10H2,1-4H3. The second kappa shape index (κ2) is 7.93. The number of aromatic nitrogens is 1. The van der Waals surface area contributed by atoms with E-state index >= 15 is 0 Å². The number of aliphatic hydroxyl groups excluding tert-OH is 1. The van der Waals surface area contributed by atoms with Crippen molar-refractivity contribution in [3.63, 3.8) is 0 Å². The molecule has 0 atom stereocenters. The topological polar surface area (TPSA) is 77.8 Å². The summed E-state index contributed by atoms with van der Waals surface area (Å²) in [7, 11) is 0. The van der Waals surface area contributed by atoms with Gasteiger partial charge >= 0.3 is 5.97 Å². The number of ether oxygens (including phenoxy) is 2. The third kappa shape index (κ3) is 5.59. The molecule has 0 aromatic carbocycles. The smallest absolute Gasteiger partial charge is 0.338 e. The van der Waals surface area contributed by atoms with Gasteiger partial charge in [-0.2, -0.15) is 0 Å². The molecule has 0 fully saturated rings. The van der Waals surface area contributed by atoms with Gasteiger partial charge in [0.05, 0.1) is 22.8 Å². The number of hydrogen-bond acceptors (Lipinski definition) is 6. The Morgan fingerprint density at radius 2 is 1.96 bits per heavy atom. The molecule has 2 heterocycles. The van der Waals surface area contributed by atoms with E-state index in [1.54, 1.807) is 22.4 Å². The van der Waals surface area contributed by atoms with Gasteiger partial charge in [0, 0.05) is 31.4 Å². The molecule has 2 rings (SSSR count). The van der Waals surface area contributed by atoms with Gasteiger partial charge in [0.15, 0.2) is 0 Å². The fraction of sp³-hybridized carbons (Fsp3) is 0.667. The lowest BCUT2D eigenvalue weighted by atomic mass is 10.0. The molecule has 0 amide bonds. The number of carbonyl (C=O) groups is 1. The van der Waals surface area contributed by atoms with Gasteiger partial charge in [0.25, 0.3) is 5.56 Å². The van der Waals surface area contributed by atoms with Gasteiger partial charge in [-0.25, -0.2) is 4.79 Å². The summed E-state index contributed by atoms with van der Waals surface area (Å²) in [5.74, 6) is 0.354. The van der Waals surface area contributed by atoms with E-state index in [0.717, 1.165) is 10.8 Å². The molecule has 0 radical (unpaired) electrons. The zero-order valence-electron chi connectivity index (χ0n) is 15.3. The third-order valence-corrected chi connectivity index (χ3v) is 5.19. The van der Waals surface area contributed by atoms with Crippen LogP contribution in [-0.2, 0) is 16.0 Å². The van der Waals surface area contributed by atoms with E-state index in [1.807, 2.05) is 27.7 Å². The van der Waals surface area contributed by atoms with Gasteiger partial charge < -0.3 is 19.1 Å². The Bertz CT molecular complexity index is 681. The third-order valence-electron chi connectivity index (χ3n) is 4.17. The first kappa shape index (κ1) is 20.0. The molecular weight excluding hydrogens is 342 g/mol. The Morgan fingerprint density at radius 1 is 1.24 bits per heavy atom. The number of fused-ring (bicyclic) bond motifs is 1. The lowest BCUT2D eigenvalue weighted by Crippen LogP contribution is -2.33. The van der Waals surface area contributed by atoms with Gasteiger partial charge in [-0.1, -0.05) is 0 Å². The molecule has 0 unspecified atom stereocenters. The second-order valence-electron chi connectivity index (χ2n) is 7.40. The zero-order chi connectivity index (χ0) is 18.7. The summed E-state index contributed by atoms with van der Waals surface area (Å²) in [6, 6.07) is 3.06. The number of rotatable bonds is 8. The van der Waals surface area contributed by atoms with Crippen LogP contribution in [0.5, 0.6) is 0 Å². The van der Waals surface area contributed by atoms with Crippen LogP contribution < -0.4 is 5.56 Å². The van der Waals surface area contributed by atoms with E-state index in [1.165, 1.54) is 6.07 Å². The molecule has 0 aliphatic carbocycles. The van der Waals surface area contributed by atoms with Gasteiger partial charge in [-0.05, 0) is 40.2 Å². The normalized spacial score (nSPS) is 14.4. The summed E-state index contributed by atoms with van der Waals surface area (Å²) < 4.78 is 13.0. The highest BCUT2D eigenvalue weighted by Crippen LogP contribution is 2.25. The quantitative estimate of drug-likeness (QED) is 0.709. The van der Waals surface area contributed by atoms with Crippen LogP contribution >= 0.6 is 11.8 Å². The highest BCUT2D eigenvalue weighted by atomic mass is 32.2. The minimum atomic E-state index is -0.714. The molecule has 140 valence electrons. The molecule has 1 aliphatic heterocycles. The fourth-order valence-corrected chi connectivity index (χ4v) is 3.58. The lowest BCUT2D eigenvalue weighted by Gasteiger charge is -2.29. The van der Waals surface area contributed by atoms with Crippen LogP contribution in [0.3, 0.4) is 0 Å². The molecule has 1 aromatic rings. The van der Waals surface area contributed by atoms with Crippen molar-refractivity contribution in [1.29, 1.82) is 0 Å². The summed E-state index contributed by atoms with van der Waals surface area (Å²) >= 11 is 1.57. The highest BCUT2D eigenvalue weighted by Gasteiger charge is 2.27. The Balaban J connectivity index is 1.95. The lowest BCUT2D eigenvalue weighted by molar-refractivity contribution is -0.0625. The molecule has 7 heteroatoms. The average Bonchev–Trinajstić information content (AvgIpc) is 2.95. The number of thioether (sulfide) groups is 1. The van der Waals surface area contributed by atoms with E-state index in [-0.39, 0.29) is 12.2 Å². The summed E-state index contributed by atoms with van der Waals surface area (Å²) in [6.07, 6.45) is 1.07. The van der Waals surface area contributed by atoms with Crippen LogP contribution in [0.15, 0.2) is 22.0 Å². The van der Waals surface area contributed by atoms with Crippen LogP contribution in [0, 0.1) is 0 Å². The van der Waals surface area contributed by atoms with Crippen molar-refractivity contribution in [1.82, 2.24) is 4.57 Å². The SMILES string of the molecule is CC(C)(CCO)OCCC(C)(C)OC(=O)c1cc2n(c(=O)c1)CCS2. The van der Waals surface area contributed by atoms with Gasteiger partial charge in [-0.15, -0.1) is 11.8 Å². The van der Waals surface area contributed by atoms with Crippen LogP contribution in [0.1, 0.15) is 50.9 Å². The van der Waals surface area contributed by atoms with Crippen molar-refractivity contribution in [2.45, 2.75) is 63.3 Å². The maximum atomic E-state index is 12.4. The molecule has 0 saturated heterocycles. The summed E-state index contributed by atoms with van der Waals surface area (Å²) in [5.41, 5.74) is -1.00. The second-order valence-corrected chi connectivity index (χ2v) is 8.52. The van der Waals surface area contributed by atoms with Crippen LogP contribution in [0.25, 0.3) is 0 Å². The Morgan fingerprint density at radius 3 is 2.64 bits per heavy atom. The number of aliphatic hydroxyl groups is 1. The largest absolute Gasteiger partial charge is 0.456 e. The van der Waals surface area contributed by atoms with E-state index < -0.39 is 17.2 Å². The molecule has 0 spiro atoms. The minimum Gasteiger partial charge on any atom is -0.456 e. The molecule has 1 aromatic heterocycles. The van der Waals surface area contributed by atoms with Crippen molar-refractivity contribution in [2.75, 3.05) is 19.0 Å². The van der Waals surface area contributed by atoms with E-state index in [2.05, 4.69) is 0 Å². The van der Waals surface area contributed by atoms with Gasteiger partial charge in [0.2, 0.25) is 0 Å². The molecule has 25 heavy (non-hydrogen) atoms. The van der Waals surface area contributed by atoms with Crippen molar-refractivity contribution in [3.8, 4) is 0 Å². The molecule has 0 bridgehead atoms. The Labute approximate surface area is 152 Å². The summed E-state index contributed by atoms with van der Waals surface area (Å²) in [6.45, 7) is 8.63.